The molecule has 1 atom stereocenters. The highest BCUT2D eigenvalue weighted by atomic mass is 35.5. The summed E-state index contributed by atoms with van der Waals surface area (Å²) in [5.41, 5.74) is 2.81. The normalized spacial score (nSPS) is 17.8. The molecule has 1 heterocycles. The molecule has 0 bridgehead atoms. The Morgan fingerprint density at radius 3 is 2.65 bits per heavy atom. The molecular weight excluding hydrogens is 272 g/mol. The number of amides is 1. The Hall–Kier alpha value is -2.13. The summed E-state index contributed by atoms with van der Waals surface area (Å²) in [4.78, 5) is 18.0. The molecule has 0 saturated heterocycles. The summed E-state index contributed by atoms with van der Waals surface area (Å²) in [5.74, 6) is -0.132. The van der Waals surface area contributed by atoms with Crippen LogP contribution in [-0.2, 0) is 4.79 Å². The summed E-state index contributed by atoms with van der Waals surface area (Å²) < 4.78 is 0. The first-order valence-corrected chi connectivity index (χ1v) is 6.70. The molecule has 3 rings (SSSR count). The summed E-state index contributed by atoms with van der Waals surface area (Å²) >= 11 is 6.11. The first-order chi connectivity index (χ1) is 9.66. The molecule has 0 radical (unpaired) electrons. The Balaban J connectivity index is 2.21. The molecule has 0 spiro atoms. The highest BCUT2D eigenvalue weighted by Gasteiger charge is 2.24. The van der Waals surface area contributed by atoms with Gasteiger partial charge >= 0.3 is 0 Å². The number of rotatable bonds is 1. The second-order valence-electron chi connectivity index (χ2n) is 4.69. The standard InChI is InChI=1S/C16H13ClN2O/c1-19-14-8-7-12(17)9-13(14)16(18-10-15(19)20)11-5-3-2-4-6-11/h2-10,16H,1H3. The van der Waals surface area contributed by atoms with Crippen molar-refractivity contribution >= 4 is 29.4 Å². The van der Waals surface area contributed by atoms with Crippen molar-refractivity contribution in [3.63, 3.8) is 0 Å². The van der Waals surface area contributed by atoms with E-state index in [1.54, 1.807) is 18.0 Å². The molecule has 0 N–H and O–H groups in total. The minimum Gasteiger partial charge on any atom is -0.310 e. The Bertz CT molecular complexity index is 682. The maximum atomic E-state index is 12.0. The Morgan fingerprint density at radius 1 is 1.15 bits per heavy atom. The summed E-state index contributed by atoms with van der Waals surface area (Å²) in [6.07, 6.45) is 1.38. The average molecular weight is 285 g/mol. The molecule has 0 fully saturated rings. The van der Waals surface area contributed by atoms with Crippen LogP contribution in [0.15, 0.2) is 53.5 Å². The number of aliphatic imine (C=N–C) groups is 1. The van der Waals surface area contributed by atoms with Gasteiger partial charge in [0.15, 0.2) is 0 Å². The lowest BCUT2D eigenvalue weighted by Crippen LogP contribution is -2.26. The van der Waals surface area contributed by atoms with E-state index < -0.39 is 0 Å². The van der Waals surface area contributed by atoms with Gasteiger partial charge in [-0.2, -0.15) is 0 Å². The number of nitrogens with zero attached hydrogens (tertiary/aromatic N) is 2. The van der Waals surface area contributed by atoms with Gasteiger partial charge in [0.05, 0.1) is 6.21 Å². The molecular formula is C16H13ClN2O. The summed E-state index contributed by atoms with van der Waals surface area (Å²) in [6, 6.07) is 15.2. The minimum absolute atomic E-state index is 0.132. The molecule has 0 aliphatic carbocycles. The van der Waals surface area contributed by atoms with Crippen LogP contribution in [0.25, 0.3) is 0 Å². The van der Waals surface area contributed by atoms with Gasteiger partial charge in [-0.05, 0) is 23.8 Å². The second kappa shape index (κ2) is 5.10. The van der Waals surface area contributed by atoms with E-state index >= 15 is 0 Å². The molecule has 0 saturated carbocycles. The number of hydrogen-bond acceptors (Lipinski definition) is 2. The first-order valence-electron chi connectivity index (χ1n) is 6.32. The monoisotopic (exact) mass is 284 g/mol. The van der Waals surface area contributed by atoms with Crippen LogP contribution in [0.5, 0.6) is 0 Å². The zero-order valence-electron chi connectivity index (χ0n) is 11.0. The fourth-order valence-electron chi connectivity index (χ4n) is 2.37. The Morgan fingerprint density at radius 2 is 1.90 bits per heavy atom. The molecule has 2 aromatic rings. The van der Waals surface area contributed by atoms with Crippen LogP contribution in [0.2, 0.25) is 5.02 Å². The van der Waals surface area contributed by atoms with E-state index in [9.17, 15) is 4.79 Å². The fraction of sp³-hybridized carbons (Fsp3) is 0.125. The van der Waals surface area contributed by atoms with Gasteiger partial charge in [0.1, 0.15) is 6.04 Å². The van der Waals surface area contributed by atoms with Crippen molar-refractivity contribution in [3.05, 3.63) is 64.7 Å². The molecule has 2 aromatic carbocycles. The molecule has 1 aliphatic rings. The number of fused-ring (bicyclic) bond motifs is 1. The van der Waals surface area contributed by atoms with Gasteiger partial charge in [-0.25, -0.2) is 0 Å². The van der Waals surface area contributed by atoms with Crippen LogP contribution in [0, 0.1) is 0 Å². The van der Waals surface area contributed by atoms with Crippen molar-refractivity contribution in [3.8, 4) is 0 Å². The SMILES string of the molecule is CN1C(=O)C=NC(c2ccccc2)c2cc(Cl)ccc21. The van der Waals surface area contributed by atoms with Gasteiger partial charge in [-0.15, -0.1) is 0 Å². The zero-order valence-corrected chi connectivity index (χ0v) is 11.7. The lowest BCUT2D eigenvalue weighted by Gasteiger charge is -2.20. The molecule has 1 aliphatic heterocycles. The third-order valence-electron chi connectivity index (χ3n) is 3.43. The number of benzene rings is 2. The van der Waals surface area contributed by atoms with Crippen molar-refractivity contribution in [2.45, 2.75) is 6.04 Å². The van der Waals surface area contributed by atoms with Crippen LogP contribution in [0.4, 0.5) is 5.69 Å². The second-order valence-corrected chi connectivity index (χ2v) is 5.13. The lowest BCUT2D eigenvalue weighted by atomic mass is 9.97. The molecule has 4 heteroatoms. The van der Waals surface area contributed by atoms with Gasteiger partial charge in [-0.1, -0.05) is 41.9 Å². The third kappa shape index (κ3) is 2.21. The molecule has 20 heavy (non-hydrogen) atoms. The van der Waals surface area contributed by atoms with Crippen LogP contribution in [0.1, 0.15) is 17.2 Å². The average Bonchev–Trinajstić information content (AvgIpc) is 2.58. The topological polar surface area (TPSA) is 32.7 Å². The highest BCUT2D eigenvalue weighted by Crippen LogP contribution is 2.36. The quantitative estimate of drug-likeness (QED) is 0.789. The van der Waals surface area contributed by atoms with Crippen molar-refractivity contribution in [2.24, 2.45) is 4.99 Å². The van der Waals surface area contributed by atoms with Crippen molar-refractivity contribution in [2.75, 3.05) is 11.9 Å². The largest absolute Gasteiger partial charge is 0.310 e. The van der Waals surface area contributed by atoms with Gasteiger partial charge in [0.25, 0.3) is 5.91 Å². The van der Waals surface area contributed by atoms with Gasteiger partial charge in [-0.3, -0.25) is 9.79 Å². The summed E-state index contributed by atoms with van der Waals surface area (Å²) in [7, 11) is 1.74. The van der Waals surface area contributed by atoms with Gasteiger partial charge in [0, 0.05) is 23.3 Å². The van der Waals surface area contributed by atoms with E-state index in [0.29, 0.717) is 5.02 Å². The number of anilines is 1. The van der Waals surface area contributed by atoms with Crippen molar-refractivity contribution in [1.29, 1.82) is 0 Å². The van der Waals surface area contributed by atoms with E-state index in [-0.39, 0.29) is 11.9 Å². The van der Waals surface area contributed by atoms with Gasteiger partial charge < -0.3 is 4.90 Å². The molecule has 3 nitrogen and oxygen atoms in total. The molecule has 1 amide bonds. The summed E-state index contributed by atoms with van der Waals surface area (Å²) in [5, 5.41) is 0.641. The number of halogens is 1. The van der Waals surface area contributed by atoms with E-state index in [4.69, 9.17) is 11.6 Å². The van der Waals surface area contributed by atoms with Crippen LogP contribution in [0.3, 0.4) is 0 Å². The Kier molecular flexibility index (Phi) is 3.28. The van der Waals surface area contributed by atoms with E-state index in [0.717, 1.165) is 16.8 Å². The number of hydrogen-bond donors (Lipinski definition) is 0. The fourth-order valence-corrected chi connectivity index (χ4v) is 2.56. The highest BCUT2D eigenvalue weighted by molar-refractivity contribution is 6.33. The number of carbonyl (C=O) groups is 1. The lowest BCUT2D eigenvalue weighted by molar-refractivity contribution is -0.111. The van der Waals surface area contributed by atoms with Crippen molar-refractivity contribution < 1.29 is 4.79 Å². The van der Waals surface area contributed by atoms with Crippen LogP contribution < -0.4 is 4.90 Å². The maximum absolute atomic E-state index is 12.0. The molecule has 0 aromatic heterocycles. The number of carbonyl (C=O) groups excluding carboxylic acids is 1. The molecule has 100 valence electrons. The Labute approximate surface area is 122 Å². The molecule has 1 unspecified atom stereocenters. The van der Waals surface area contributed by atoms with E-state index in [2.05, 4.69) is 4.99 Å². The van der Waals surface area contributed by atoms with Gasteiger partial charge in [0.2, 0.25) is 0 Å². The predicted octanol–water partition coefficient (Wildman–Crippen LogP) is 3.48. The predicted molar refractivity (Wildman–Crippen MR) is 81.6 cm³/mol. The van der Waals surface area contributed by atoms with E-state index in [1.807, 2.05) is 42.5 Å². The minimum atomic E-state index is -0.209. The third-order valence-corrected chi connectivity index (χ3v) is 3.66. The first kappa shape index (κ1) is 12.9. The van der Waals surface area contributed by atoms with Crippen molar-refractivity contribution in [1.82, 2.24) is 0 Å². The smallest absolute Gasteiger partial charge is 0.268 e. The summed E-state index contributed by atoms with van der Waals surface area (Å²) in [6.45, 7) is 0. The van der Waals surface area contributed by atoms with Crippen LogP contribution in [-0.4, -0.2) is 19.2 Å². The van der Waals surface area contributed by atoms with Crippen LogP contribution >= 0.6 is 11.6 Å². The zero-order chi connectivity index (χ0) is 14.1. The van der Waals surface area contributed by atoms with E-state index in [1.165, 1.54) is 6.21 Å². The maximum Gasteiger partial charge on any atom is 0.268 e.